The monoisotopic (exact) mass is 522 g/mol. The number of hydrogen-bond acceptors (Lipinski definition) is 5. The second-order valence-electron chi connectivity index (χ2n) is 8.40. The zero-order chi connectivity index (χ0) is 24.4. The van der Waals surface area contributed by atoms with Crippen LogP contribution < -0.4 is 10.1 Å². The normalized spacial score (nSPS) is 11.0. The zero-order valence-electron chi connectivity index (χ0n) is 19.9. The first-order chi connectivity index (χ1) is 16.2. The van der Waals surface area contributed by atoms with Gasteiger partial charge in [0, 0.05) is 5.69 Å². The lowest BCUT2D eigenvalue weighted by Gasteiger charge is -2.10. The van der Waals surface area contributed by atoms with E-state index in [1.54, 1.807) is 6.92 Å². The molecule has 0 spiro atoms. The maximum Gasteiger partial charge on any atom is 0.278 e. The van der Waals surface area contributed by atoms with Gasteiger partial charge in [0.15, 0.2) is 5.69 Å². The molecule has 0 unspecified atom stereocenters. The van der Waals surface area contributed by atoms with E-state index >= 15 is 0 Å². The van der Waals surface area contributed by atoms with Crippen LogP contribution in [0.5, 0.6) is 5.75 Å². The summed E-state index contributed by atoms with van der Waals surface area (Å²) in [4.78, 5) is 13.0. The van der Waals surface area contributed by atoms with Crippen molar-refractivity contribution in [2.75, 3.05) is 5.32 Å². The van der Waals surface area contributed by atoms with Gasteiger partial charge in [-0.1, -0.05) is 23.4 Å². The Morgan fingerprint density at radius 3 is 2.59 bits per heavy atom. The van der Waals surface area contributed by atoms with Crippen LogP contribution in [-0.4, -0.2) is 20.8 Å². The molecule has 2 aromatic heterocycles. The van der Waals surface area contributed by atoms with Crippen LogP contribution in [0.15, 0.2) is 51.5 Å². The van der Waals surface area contributed by atoms with Crippen molar-refractivity contribution in [2.45, 2.75) is 47.8 Å². The van der Waals surface area contributed by atoms with E-state index in [1.165, 1.54) is 5.56 Å². The molecule has 1 N–H and O–H groups in total. The van der Waals surface area contributed by atoms with Crippen LogP contribution in [0.3, 0.4) is 0 Å². The van der Waals surface area contributed by atoms with Gasteiger partial charge in [-0.3, -0.25) is 9.48 Å². The van der Waals surface area contributed by atoms with Crippen LogP contribution >= 0.6 is 15.9 Å². The van der Waals surface area contributed by atoms with E-state index in [0.717, 1.165) is 32.7 Å². The van der Waals surface area contributed by atoms with E-state index in [-0.39, 0.29) is 18.2 Å². The summed E-state index contributed by atoms with van der Waals surface area (Å²) in [6.07, 6.45) is 0. The van der Waals surface area contributed by atoms with Gasteiger partial charge in [0.05, 0.1) is 28.0 Å². The molecule has 8 heteroatoms. The number of nitrogens with zero attached hydrogens (tertiary/aromatic N) is 3. The molecular weight excluding hydrogens is 496 g/mol. The lowest BCUT2D eigenvalue weighted by atomic mass is 10.1. The molecular formula is C26H27BrN4O3. The molecule has 176 valence electrons. The minimum Gasteiger partial charge on any atom is -0.489 e. The summed E-state index contributed by atoms with van der Waals surface area (Å²) in [7, 11) is 0. The van der Waals surface area contributed by atoms with Crippen LogP contribution in [0.4, 0.5) is 5.69 Å². The van der Waals surface area contributed by atoms with E-state index in [2.05, 4.69) is 38.4 Å². The number of rotatable bonds is 7. The molecule has 0 atom stereocenters. The standard InChI is InChI=1S/C26H27BrN4O3/c1-15-9-10-22(11-16(15)2)33-14-23-19(5)34-30-25(23)26(32)28-21-8-6-7-20(12-21)13-31-18(4)24(27)17(3)29-31/h6-12H,13-14H2,1-5H3,(H,28,32). The Balaban J connectivity index is 1.47. The van der Waals surface area contributed by atoms with Gasteiger partial charge in [0.2, 0.25) is 0 Å². The molecule has 4 aromatic rings. The Morgan fingerprint density at radius 2 is 1.88 bits per heavy atom. The van der Waals surface area contributed by atoms with E-state index in [0.29, 0.717) is 23.6 Å². The predicted molar refractivity (Wildman–Crippen MR) is 134 cm³/mol. The number of halogens is 1. The number of ether oxygens (including phenoxy) is 1. The second kappa shape index (κ2) is 9.85. The van der Waals surface area contributed by atoms with Crippen molar-refractivity contribution in [1.29, 1.82) is 0 Å². The summed E-state index contributed by atoms with van der Waals surface area (Å²) in [6.45, 7) is 10.6. The van der Waals surface area contributed by atoms with Gasteiger partial charge < -0.3 is 14.6 Å². The summed E-state index contributed by atoms with van der Waals surface area (Å²) in [5, 5.41) is 11.5. The minimum absolute atomic E-state index is 0.188. The first kappa shape index (κ1) is 23.8. The topological polar surface area (TPSA) is 82.2 Å². The Labute approximate surface area is 207 Å². The van der Waals surface area contributed by atoms with Crippen molar-refractivity contribution in [3.63, 3.8) is 0 Å². The number of carbonyl (C=O) groups is 1. The molecule has 34 heavy (non-hydrogen) atoms. The number of carbonyl (C=O) groups excluding carboxylic acids is 1. The molecule has 0 aliphatic carbocycles. The molecule has 0 bridgehead atoms. The van der Waals surface area contributed by atoms with Crippen LogP contribution in [0, 0.1) is 34.6 Å². The van der Waals surface area contributed by atoms with E-state index in [1.807, 2.05) is 67.9 Å². The summed E-state index contributed by atoms with van der Waals surface area (Å²) < 4.78 is 14.2. The van der Waals surface area contributed by atoms with Crippen molar-refractivity contribution in [3.8, 4) is 5.75 Å². The molecule has 0 saturated heterocycles. The van der Waals surface area contributed by atoms with Crippen molar-refractivity contribution < 1.29 is 14.1 Å². The highest BCUT2D eigenvalue weighted by atomic mass is 79.9. The third-order valence-electron chi connectivity index (χ3n) is 5.87. The Bertz CT molecular complexity index is 1360. The number of hydrogen-bond donors (Lipinski definition) is 1. The number of anilines is 1. The van der Waals surface area contributed by atoms with E-state index < -0.39 is 0 Å². The van der Waals surface area contributed by atoms with Crippen molar-refractivity contribution >= 4 is 27.5 Å². The average molecular weight is 523 g/mol. The number of aromatic nitrogens is 3. The fraction of sp³-hybridized carbons (Fsp3) is 0.269. The van der Waals surface area contributed by atoms with Gasteiger partial charge in [-0.15, -0.1) is 0 Å². The van der Waals surface area contributed by atoms with Crippen LogP contribution in [0.2, 0.25) is 0 Å². The largest absolute Gasteiger partial charge is 0.489 e. The van der Waals surface area contributed by atoms with Crippen LogP contribution in [-0.2, 0) is 13.2 Å². The first-order valence-corrected chi connectivity index (χ1v) is 11.8. The third-order valence-corrected chi connectivity index (χ3v) is 7.02. The lowest BCUT2D eigenvalue weighted by molar-refractivity contribution is 0.101. The van der Waals surface area contributed by atoms with Crippen molar-refractivity contribution in [1.82, 2.24) is 14.9 Å². The Hall–Kier alpha value is -3.39. The van der Waals surface area contributed by atoms with Crippen molar-refractivity contribution in [2.24, 2.45) is 0 Å². The van der Waals surface area contributed by atoms with Gasteiger partial charge in [-0.2, -0.15) is 5.10 Å². The molecule has 0 aliphatic heterocycles. The molecule has 2 heterocycles. The number of amides is 1. The van der Waals surface area contributed by atoms with Crippen LogP contribution in [0.1, 0.15) is 49.9 Å². The number of nitrogens with one attached hydrogen (secondary N) is 1. The Morgan fingerprint density at radius 1 is 1.09 bits per heavy atom. The van der Waals surface area contributed by atoms with Gasteiger partial charge in [-0.25, -0.2) is 0 Å². The molecule has 0 saturated carbocycles. The SMILES string of the molecule is Cc1ccc(OCc2c(C(=O)Nc3cccc(Cn4nc(C)c(Br)c4C)c3)noc2C)cc1C. The van der Waals surface area contributed by atoms with Gasteiger partial charge >= 0.3 is 0 Å². The number of aryl methyl sites for hydroxylation is 4. The van der Waals surface area contributed by atoms with E-state index in [9.17, 15) is 4.79 Å². The van der Waals surface area contributed by atoms with E-state index in [4.69, 9.17) is 9.26 Å². The fourth-order valence-electron chi connectivity index (χ4n) is 3.64. The molecule has 7 nitrogen and oxygen atoms in total. The second-order valence-corrected chi connectivity index (χ2v) is 9.19. The highest BCUT2D eigenvalue weighted by molar-refractivity contribution is 9.10. The fourth-order valence-corrected chi connectivity index (χ4v) is 3.92. The van der Waals surface area contributed by atoms with Crippen LogP contribution in [0.25, 0.3) is 0 Å². The molecule has 1 amide bonds. The Kier molecular flexibility index (Phi) is 6.88. The maximum atomic E-state index is 13.0. The highest BCUT2D eigenvalue weighted by Crippen LogP contribution is 2.23. The predicted octanol–water partition coefficient (Wildman–Crippen LogP) is 6.06. The maximum absolute atomic E-state index is 13.0. The lowest BCUT2D eigenvalue weighted by Crippen LogP contribution is -2.15. The van der Waals surface area contributed by atoms with Gasteiger partial charge in [0.1, 0.15) is 18.1 Å². The smallest absolute Gasteiger partial charge is 0.278 e. The average Bonchev–Trinajstić information content (AvgIpc) is 3.29. The molecule has 4 rings (SSSR count). The minimum atomic E-state index is -0.346. The summed E-state index contributed by atoms with van der Waals surface area (Å²) in [5.41, 5.74) is 6.87. The molecule has 0 radical (unpaired) electrons. The quantitative estimate of drug-likeness (QED) is 0.319. The molecule has 2 aromatic carbocycles. The molecule has 0 fully saturated rings. The number of benzene rings is 2. The highest BCUT2D eigenvalue weighted by Gasteiger charge is 2.21. The summed E-state index contributed by atoms with van der Waals surface area (Å²) in [5.74, 6) is 0.943. The van der Waals surface area contributed by atoms with Crippen molar-refractivity contribution in [3.05, 3.63) is 92.0 Å². The van der Waals surface area contributed by atoms with Gasteiger partial charge in [0.25, 0.3) is 5.91 Å². The molecule has 0 aliphatic rings. The zero-order valence-corrected chi connectivity index (χ0v) is 21.5. The first-order valence-electron chi connectivity index (χ1n) is 11.0. The summed E-state index contributed by atoms with van der Waals surface area (Å²) >= 11 is 3.56. The summed E-state index contributed by atoms with van der Waals surface area (Å²) in [6, 6.07) is 13.6. The third kappa shape index (κ3) is 5.07. The van der Waals surface area contributed by atoms with Gasteiger partial charge in [-0.05, 0) is 91.5 Å².